The van der Waals surface area contributed by atoms with Crippen molar-refractivity contribution in [3.8, 4) is 0 Å². The van der Waals surface area contributed by atoms with Gasteiger partial charge >= 0.3 is 0 Å². The van der Waals surface area contributed by atoms with Crippen molar-refractivity contribution in [2.75, 3.05) is 19.6 Å². The fraction of sp³-hybridized carbons (Fsp3) is 1.00. The molecule has 2 aliphatic rings. The van der Waals surface area contributed by atoms with Crippen LogP contribution in [0.3, 0.4) is 0 Å². The average molecular weight is 226 g/mol. The smallest absolute Gasteiger partial charge is 0.0693 e. The van der Waals surface area contributed by atoms with Crippen molar-refractivity contribution in [3.63, 3.8) is 0 Å². The van der Waals surface area contributed by atoms with E-state index in [9.17, 15) is 5.11 Å². The van der Waals surface area contributed by atoms with Crippen LogP contribution in [0.2, 0.25) is 0 Å². The molecule has 16 heavy (non-hydrogen) atoms. The van der Waals surface area contributed by atoms with E-state index in [1.54, 1.807) is 0 Å². The Hall–Kier alpha value is -0.120. The van der Waals surface area contributed by atoms with Crippen molar-refractivity contribution < 1.29 is 5.11 Å². The van der Waals surface area contributed by atoms with Crippen LogP contribution < -0.4 is 5.32 Å². The fourth-order valence-electron chi connectivity index (χ4n) is 3.08. The first-order valence-electron chi connectivity index (χ1n) is 6.96. The minimum absolute atomic E-state index is 0.0892. The molecule has 2 N–H and O–H groups in total. The number of aliphatic hydroxyl groups excluding tert-OH is 1. The second-order valence-corrected chi connectivity index (χ2v) is 5.39. The van der Waals surface area contributed by atoms with Crippen LogP contribution in [0.4, 0.5) is 0 Å². The molecule has 1 saturated carbocycles. The predicted molar refractivity (Wildman–Crippen MR) is 66.5 cm³/mol. The molecule has 3 nitrogen and oxygen atoms in total. The largest absolute Gasteiger partial charge is 0.392 e. The Kier molecular flexibility index (Phi) is 4.62. The van der Waals surface area contributed by atoms with Gasteiger partial charge in [-0.15, -0.1) is 0 Å². The van der Waals surface area contributed by atoms with Crippen LogP contribution in [0.5, 0.6) is 0 Å². The van der Waals surface area contributed by atoms with E-state index in [1.165, 1.54) is 45.3 Å². The summed E-state index contributed by atoms with van der Waals surface area (Å²) in [4.78, 5) is 2.56. The molecule has 0 aromatic heterocycles. The molecular formula is C13H26N2O. The second kappa shape index (κ2) is 5.99. The SMILES string of the molecule is CCCN1CCC(NC2CCCC2O)CC1. The third-order valence-corrected chi connectivity index (χ3v) is 4.06. The Morgan fingerprint density at radius 2 is 1.94 bits per heavy atom. The van der Waals surface area contributed by atoms with Crippen molar-refractivity contribution >= 4 is 0 Å². The Morgan fingerprint density at radius 1 is 1.19 bits per heavy atom. The van der Waals surface area contributed by atoms with E-state index in [2.05, 4.69) is 17.1 Å². The first-order chi connectivity index (χ1) is 7.79. The number of rotatable bonds is 4. The summed E-state index contributed by atoms with van der Waals surface area (Å²) in [5.74, 6) is 0. The number of aliphatic hydroxyl groups is 1. The summed E-state index contributed by atoms with van der Waals surface area (Å²) in [5.41, 5.74) is 0. The van der Waals surface area contributed by atoms with Gasteiger partial charge in [-0.25, -0.2) is 0 Å². The fourth-order valence-corrected chi connectivity index (χ4v) is 3.08. The Morgan fingerprint density at radius 3 is 2.50 bits per heavy atom. The van der Waals surface area contributed by atoms with E-state index in [0.717, 1.165) is 12.8 Å². The number of likely N-dealkylation sites (tertiary alicyclic amines) is 1. The Bertz CT molecular complexity index is 202. The number of nitrogens with zero attached hydrogens (tertiary/aromatic N) is 1. The van der Waals surface area contributed by atoms with Gasteiger partial charge in [-0.05, 0) is 58.2 Å². The summed E-state index contributed by atoms with van der Waals surface area (Å²) < 4.78 is 0. The van der Waals surface area contributed by atoms with Crippen LogP contribution in [0, 0.1) is 0 Å². The van der Waals surface area contributed by atoms with E-state index < -0.39 is 0 Å². The zero-order valence-corrected chi connectivity index (χ0v) is 10.5. The molecule has 1 saturated heterocycles. The lowest BCUT2D eigenvalue weighted by atomic mass is 10.0. The number of nitrogens with one attached hydrogen (secondary N) is 1. The van der Waals surface area contributed by atoms with Crippen LogP contribution >= 0.6 is 0 Å². The molecule has 0 amide bonds. The molecule has 94 valence electrons. The topological polar surface area (TPSA) is 35.5 Å². The molecule has 0 aromatic carbocycles. The number of hydrogen-bond donors (Lipinski definition) is 2. The normalized spacial score (nSPS) is 33.4. The van der Waals surface area contributed by atoms with Crippen molar-refractivity contribution in [2.24, 2.45) is 0 Å². The minimum Gasteiger partial charge on any atom is -0.392 e. The summed E-state index contributed by atoms with van der Waals surface area (Å²) >= 11 is 0. The van der Waals surface area contributed by atoms with Crippen molar-refractivity contribution in [1.82, 2.24) is 10.2 Å². The molecule has 2 atom stereocenters. The van der Waals surface area contributed by atoms with Gasteiger partial charge in [0.2, 0.25) is 0 Å². The molecule has 1 aliphatic heterocycles. The van der Waals surface area contributed by atoms with Gasteiger partial charge in [0.15, 0.2) is 0 Å². The van der Waals surface area contributed by atoms with Gasteiger partial charge in [-0.1, -0.05) is 6.92 Å². The van der Waals surface area contributed by atoms with Gasteiger partial charge in [0, 0.05) is 12.1 Å². The van der Waals surface area contributed by atoms with Gasteiger partial charge in [0.25, 0.3) is 0 Å². The molecule has 3 heteroatoms. The number of piperidine rings is 1. The van der Waals surface area contributed by atoms with Crippen LogP contribution in [0.1, 0.15) is 45.4 Å². The summed E-state index contributed by atoms with van der Waals surface area (Å²) in [6.07, 6.45) is 7.02. The molecule has 2 rings (SSSR count). The first-order valence-corrected chi connectivity index (χ1v) is 6.96. The molecule has 0 radical (unpaired) electrons. The second-order valence-electron chi connectivity index (χ2n) is 5.39. The van der Waals surface area contributed by atoms with Crippen LogP contribution in [0.25, 0.3) is 0 Å². The Labute approximate surface area is 99.2 Å². The van der Waals surface area contributed by atoms with Gasteiger partial charge < -0.3 is 15.3 Å². The highest BCUT2D eigenvalue weighted by atomic mass is 16.3. The molecule has 2 unspecified atom stereocenters. The third-order valence-electron chi connectivity index (χ3n) is 4.06. The highest BCUT2D eigenvalue weighted by molar-refractivity contribution is 4.87. The molecule has 0 aromatic rings. The van der Waals surface area contributed by atoms with E-state index in [0.29, 0.717) is 12.1 Å². The molecular weight excluding hydrogens is 200 g/mol. The van der Waals surface area contributed by atoms with Crippen LogP contribution in [0.15, 0.2) is 0 Å². The van der Waals surface area contributed by atoms with Gasteiger partial charge in [-0.2, -0.15) is 0 Å². The monoisotopic (exact) mass is 226 g/mol. The van der Waals surface area contributed by atoms with Crippen LogP contribution in [-0.2, 0) is 0 Å². The standard InChI is InChI=1S/C13H26N2O/c1-2-8-15-9-6-11(7-10-15)14-12-4-3-5-13(12)16/h11-14,16H,2-10H2,1H3. The molecule has 2 fully saturated rings. The summed E-state index contributed by atoms with van der Waals surface area (Å²) in [7, 11) is 0. The summed E-state index contributed by atoms with van der Waals surface area (Å²) in [6, 6.07) is 1.02. The quantitative estimate of drug-likeness (QED) is 0.760. The van der Waals surface area contributed by atoms with Crippen molar-refractivity contribution in [2.45, 2.75) is 63.6 Å². The van der Waals surface area contributed by atoms with E-state index in [-0.39, 0.29) is 6.10 Å². The van der Waals surface area contributed by atoms with Crippen LogP contribution in [-0.4, -0.2) is 47.8 Å². The molecule has 1 aliphatic carbocycles. The lowest BCUT2D eigenvalue weighted by Crippen LogP contribution is -2.48. The van der Waals surface area contributed by atoms with E-state index >= 15 is 0 Å². The summed E-state index contributed by atoms with van der Waals surface area (Å²) in [5, 5.41) is 13.4. The highest BCUT2D eigenvalue weighted by Gasteiger charge is 2.28. The Balaban J connectivity index is 1.68. The van der Waals surface area contributed by atoms with Crippen molar-refractivity contribution in [1.29, 1.82) is 0 Å². The van der Waals surface area contributed by atoms with Crippen molar-refractivity contribution in [3.05, 3.63) is 0 Å². The van der Waals surface area contributed by atoms with E-state index in [4.69, 9.17) is 0 Å². The zero-order valence-electron chi connectivity index (χ0n) is 10.5. The maximum absolute atomic E-state index is 9.78. The minimum atomic E-state index is -0.0892. The van der Waals surface area contributed by atoms with Gasteiger partial charge in [0.1, 0.15) is 0 Å². The third kappa shape index (κ3) is 3.19. The maximum atomic E-state index is 9.78. The summed E-state index contributed by atoms with van der Waals surface area (Å²) in [6.45, 7) is 5.96. The van der Waals surface area contributed by atoms with Gasteiger partial charge in [-0.3, -0.25) is 0 Å². The number of hydrogen-bond acceptors (Lipinski definition) is 3. The molecule has 1 heterocycles. The highest BCUT2D eigenvalue weighted by Crippen LogP contribution is 2.21. The molecule has 0 bridgehead atoms. The first kappa shape index (κ1) is 12.3. The average Bonchev–Trinajstić information content (AvgIpc) is 2.68. The lowest BCUT2D eigenvalue weighted by Gasteiger charge is -2.34. The maximum Gasteiger partial charge on any atom is 0.0693 e. The van der Waals surface area contributed by atoms with E-state index in [1.807, 2.05) is 0 Å². The zero-order chi connectivity index (χ0) is 11.4. The van der Waals surface area contributed by atoms with Gasteiger partial charge in [0.05, 0.1) is 6.10 Å². The molecule has 0 spiro atoms. The lowest BCUT2D eigenvalue weighted by molar-refractivity contribution is 0.127. The predicted octanol–water partition coefficient (Wildman–Crippen LogP) is 1.36.